The van der Waals surface area contributed by atoms with Crippen LogP contribution in [0.3, 0.4) is 0 Å². The summed E-state index contributed by atoms with van der Waals surface area (Å²) in [5.74, 6) is 1.58. The number of rotatable bonds is 4. The van der Waals surface area contributed by atoms with Crippen LogP contribution in [0.25, 0.3) is 0 Å². The van der Waals surface area contributed by atoms with Crippen molar-refractivity contribution in [1.29, 1.82) is 0 Å². The van der Waals surface area contributed by atoms with Crippen molar-refractivity contribution in [3.05, 3.63) is 18.2 Å². The summed E-state index contributed by atoms with van der Waals surface area (Å²) in [4.78, 5) is 0.172. The molecule has 6 heteroatoms. The van der Waals surface area contributed by atoms with E-state index in [1.54, 1.807) is 16.4 Å². The highest BCUT2D eigenvalue weighted by molar-refractivity contribution is 7.89. The van der Waals surface area contributed by atoms with Crippen LogP contribution >= 0.6 is 0 Å². The predicted octanol–water partition coefficient (Wildman–Crippen LogP) is 2.37. The number of methoxy groups -OCH3 is 2. The molecule has 1 aromatic carbocycles. The molecule has 1 aliphatic heterocycles. The summed E-state index contributed by atoms with van der Waals surface area (Å²) < 4.78 is 37.7. The third-order valence-corrected chi connectivity index (χ3v) is 5.68. The molecule has 118 valence electrons. The zero-order valence-corrected chi connectivity index (χ0v) is 13.8. The van der Waals surface area contributed by atoms with Gasteiger partial charge in [0.15, 0.2) is 0 Å². The van der Waals surface area contributed by atoms with Crippen LogP contribution in [0, 0.1) is 11.8 Å². The Kier molecular flexibility index (Phi) is 4.78. The molecule has 0 aromatic heterocycles. The molecule has 0 spiro atoms. The van der Waals surface area contributed by atoms with Gasteiger partial charge in [0.2, 0.25) is 10.0 Å². The van der Waals surface area contributed by atoms with Crippen molar-refractivity contribution in [2.75, 3.05) is 27.3 Å². The van der Waals surface area contributed by atoms with E-state index in [1.807, 2.05) is 0 Å². The fourth-order valence-corrected chi connectivity index (χ4v) is 4.78. The Balaban J connectivity index is 2.43. The number of piperidine rings is 1. The fourth-order valence-electron chi connectivity index (χ4n) is 2.93. The van der Waals surface area contributed by atoms with Crippen LogP contribution in [0.1, 0.15) is 20.3 Å². The molecule has 2 atom stereocenters. The summed E-state index contributed by atoms with van der Waals surface area (Å²) in [6, 6.07) is 4.85. The van der Waals surface area contributed by atoms with Crippen LogP contribution in [-0.4, -0.2) is 40.0 Å². The number of hydrogen-bond acceptors (Lipinski definition) is 4. The highest BCUT2D eigenvalue weighted by atomic mass is 32.2. The molecule has 1 heterocycles. The fraction of sp³-hybridized carbons (Fsp3) is 0.600. The quantitative estimate of drug-likeness (QED) is 0.856. The van der Waals surface area contributed by atoms with E-state index in [2.05, 4.69) is 13.8 Å². The summed E-state index contributed by atoms with van der Waals surface area (Å²) in [6.07, 6.45) is 1.06. The highest BCUT2D eigenvalue weighted by Gasteiger charge is 2.33. The molecule has 0 N–H and O–H groups in total. The predicted molar refractivity (Wildman–Crippen MR) is 81.2 cm³/mol. The molecule has 1 aromatic rings. The molecule has 1 fully saturated rings. The van der Waals surface area contributed by atoms with Crippen LogP contribution in [-0.2, 0) is 10.0 Å². The lowest BCUT2D eigenvalue weighted by Gasteiger charge is -2.34. The van der Waals surface area contributed by atoms with Gasteiger partial charge in [-0.05, 0) is 30.4 Å². The summed E-state index contributed by atoms with van der Waals surface area (Å²) in [5.41, 5.74) is 0. The topological polar surface area (TPSA) is 55.8 Å². The first-order chi connectivity index (χ1) is 9.88. The zero-order chi connectivity index (χ0) is 15.6. The largest absolute Gasteiger partial charge is 0.497 e. The van der Waals surface area contributed by atoms with Crippen molar-refractivity contribution in [2.45, 2.75) is 25.2 Å². The molecule has 0 saturated carbocycles. The first-order valence-electron chi connectivity index (χ1n) is 7.10. The van der Waals surface area contributed by atoms with E-state index in [0.29, 0.717) is 36.4 Å². The second kappa shape index (κ2) is 6.23. The Labute approximate surface area is 126 Å². The Morgan fingerprint density at radius 1 is 1.10 bits per heavy atom. The molecule has 0 radical (unpaired) electrons. The van der Waals surface area contributed by atoms with E-state index in [9.17, 15) is 8.42 Å². The van der Waals surface area contributed by atoms with E-state index in [1.165, 1.54) is 20.3 Å². The van der Waals surface area contributed by atoms with Crippen molar-refractivity contribution in [2.24, 2.45) is 11.8 Å². The van der Waals surface area contributed by atoms with Gasteiger partial charge >= 0.3 is 0 Å². The average molecular weight is 313 g/mol. The molecule has 1 aliphatic rings. The molecule has 0 bridgehead atoms. The van der Waals surface area contributed by atoms with Crippen molar-refractivity contribution >= 4 is 10.0 Å². The van der Waals surface area contributed by atoms with Crippen molar-refractivity contribution in [3.8, 4) is 11.5 Å². The van der Waals surface area contributed by atoms with E-state index in [4.69, 9.17) is 9.47 Å². The van der Waals surface area contributed by atoms with Crippen LogP contribution in [0.2, 0.25) is 0 Å². The van der Waals surface area contributed by atoms with Gasteiger partial charge in [-0.15, -0.1) is 0 Å². The minimum absolute atomic E-state index is 0.172. The second-order valence-corrected chi connectivity index (χ2v) is 7.69. The van der Waals surface area contributed by atoms with E-state index < -0.39 is 10.0 Å². The van der Waals surface area contributed by atoms with Crippen LogP contribution in [0.15, 0.2) is 23.1 Å². The molecule has 5 nitrogen and oxygen atoms in total. The highest BCUT2D eigenvalue weighted by Crippen LogP contribution is 2.33. The van der Waals surface area contributed by atoms with Gasteiger partial charge < -0.3 is 9.47 Å². The monoisotopic (exact) mass is 313 g/mol. The second-order valence-electron chi connectivity index (χ2n) is 5.78. The summed E-state index contributed by atoms with van der Waals surface area (Å²) in [6.45, 7) is 5.27. The van der Waals surface area contributed by atoms with Gasteiger partial charge in [0.05, 0.1) is 14.2 Å². The van der Waals surface area contributed by atoms with Gasteiger partial charge in [0.1, 0.15) is 16.4 Å². The Morgan fingerprint density at radius 2 is 1.71 bits per heavy atom. The Bertz CT molecular complexity index is 590. The maximum absolute atomic E-state index is 12.9. The smallest absolute Gasteiger partial charge is 0.246 e. The number of ether oxygens (including phenoxy) is 2. The Hall–Kier alpha value is -1.27. The van der Waals surface area contributed by atoms with Crippen LogP contribution < -0.4 is 9.47 Å². The normalized spacial score (nSPS) is 23.8. The average Bonchev–Trinajstić information content (AvgIpc) is 2.45. The molecule has 2 rings (SSSR count). The van der Waals surface area contributed by atoms with Gasteiger partial charge in [-0.1, -0.05) is 13.8 Å². The standard InChI is InChI=1S/C15H23NO4S/c1-11-7-12(2)10-16(9-11)21(17,18)15-8-13(19-3)5-6-14(15)20-4/h5-6,8,11-12H,7,9-10H2,1-4H3/t11-,12-/m1/s1. The van der Waals surface area contributed by atoms with Gasteiger partial charge in [0, 0.05) is 19.2 Å². The van der Waals surface area contributed by atoms with Gasteiger partial charge in [-0.25, -0.2) is 8.42 Å². The molecular formula is C15H23NO4S. The summed E-state index contributed by atoms with van der Waals surface area (Å²) >= 11 is 0. The van der Waals surface area contributed by atoms with E-state index >= 15 is 0 Å². The minimum Gasteiger partial charge on any atom is -0.497 e. The zero-order valence-electron chi connectivity index (χ0n) is 13.0. The van der Waals surface area contributed by atoms with Crippen molar-refractivity contribution in [3.63, 3.8) is 0 Å². The first kappa shape index (κ1) is 16.1. The maximum Gasteiger partial charge on any atom is 0.246 e. The van der Waals surface area contributed by atoms with Crippen molar-refractivity contribution < 1.29 is 17.9 Å². The number of sulfonamides is 1. The third-order valence-electron chi connectivity index (χ3n) is 3.82. The van der Waals surface area contributed by atoms with E-state index in [-0.39, 0.29) is 4.90 Å². The molecule has 0 aliphatic carbocycles. The third kappa shape index (κ3) is 3.32. The lowest BCUT2D eigenvalue weighted by molar-refractivity contribution is 0.222. The van der Waals surface area contributed by atoms with Crippen LogP contribution in [0.5, 0.6) is 11.5 Å². The minimum atomic E-state index is -3.57. The number of benzene rings is 1. The lowest BCUT2D eigenvalue weighted by Crippen LogP contribution is -2.42. The first-order valence-corrected chi connectivity index (χ1v) is 8.54. The lowest BCUT2D eigenvalue weighted by atomic mass is 9.94. The van der Waals surface area contributed by atoms with E-state index in [0.717, 1.165) is 6.42 Å². The molecule has 0 amide bonds. The molecular weight excluding hydrogens is 290 g/mol. The van der Waals surface area contributed by atoms with Gasteiger partial charge in [-0.2, -0.15) is 4.31 Å². The SMILES string of the molecule is COc1ccc(OC)c(S(=O)(=O)N2C[C@H](C)C[C@@H](C)C2)c1. The Morgan fingerprint density at radius 3 is 2.24 bits per heavy atom. The van der Waals surface area contributed by atoms with Gasteiger partial charge in [0.25, 0.3) is 0 Å². The van der Waals surface area contributed by atoms with Crippen LogP contribution in [0.4, 0.5) is 0 Å². The maximum atomic E-state index is 12.9. The van der Waals surface area contributed by atoms with Crippen molar-refractivity contribution in [1.82, 2.24) is 4.31 Å². The summed E-state index contributed by atoms with van der Waals surface area (Å²) in [7, 11) is -0.583. The molecule has 21 heavy (non-hydrogen) atoms. The number of nitrogens with zero attached hydrogens (tertiary/aromatic N) is 1. The summed E-state index contributed by atoms with van der Waals surface area (Å²) in [5, 5.41) is 0. The molecule has 0 unspecified atom stereocenters. The number of hydrogen-bond donors (Lipinski definition) is 0. The molecule has 1 saturated heterocycles. The van der Waals surface area contributed by atoms with Gasteiger partial charge in [-0.3, -0.25) is 0 Å².